The number of anilines is 1. The highest BCUT2D eigenvalue weighted by atomic mass is 31.2. The smallest absolute Gasteiger partial charge is 0.354 e. The first-order valence-corrected chi connectivity index (χ1v) is 10.4. The lowest BCUT2D eigenvalue weighted by atomic mass is 10.2. The second kappa shape index (κ2) is 9.33. The lowest BCUT2D eigenvalue weighted by Gasteiger charge is -2.20. The third-order valence-electron chi connectivity index (χ3n) is 3.31. The van der Waals surface area contributed by atoms with Gasteiger partial charge in [-0.1, -0.05) is 6.08 Å². The topological polar surface area (TPSA) is 155 Å². The highest BCUT2D eigenvalue weighted by Crippen LogP contribution is 2.52. The standard InChI is InChI=1S/C16H26N5O6P/c1-10(2)26-28(24,27-11(3)4)6-5-12(7-22)8-25-21-9-18-13-14(21)19-16(17)20-15(13)23/h5-6,9-12,22H,7-8H2,1-4H3,(H3,17,19,20,23)/b6-5+. The molecule has 156 valence electrons. The Bertz CT molecular complexity index is 908. The number of fused-ring (bicyclic) bond motifs is 1. The average Bonchev–Trinajstić information content (AvgIpc) is 2.96. The molecule has 0 fully saturated rings. The van der Waals surface area contributed by atoms with E-state index in [2.05, 4.69) is 15.0 Å². The predicted octanol–water partition coefficient (Wildman–Crippen LogP) is 1.30. The van der Waals surface area contributed by atoms with Gasteiger partial charge in [0.05, 0.1) is 18.8 Å². The number of aliphatic hydroxyl groups excluding tert-OH is 1. The summed E-state index contributed by atoms with van der Waals surface area (Å²) in [6.45, 7) is 6.73. The van der Waals surface area contributed by atoms with Gasteiger partial charge in [0.15, 0.2) is 5.52 Å². The van der Waals surface area contributed by atoms with Gasteiger partial charge in [0.2, 0.25) is 11.6 Å². The van der Waals surface area contributed by atoms with E-state index in [9.17, 15) is 14.5 Å². The van der Waals surface area contributed by atoms with E-state index in [0.29, 0.717) is 0 Å². The zero-order valence-electron chi connectivity index (χ0n) is 16.2. The summed E-state index contributed by atoms with van der Waals surface area (Å²) in [6, 6.07) is 0. The first-order chi connectivity index (χ1) is 13.1. The van der Waals surface area contributed by atoms with Crippen LogP contribution >= 0.6 is 7.60 Å². The number of aliphatic hydroxyl groups is 1. The van der Waals surface area contributed by atoms with Gasteiger partial charge in [-0.3, -0.25) is 14.3 Å². The van der Waals surface area contributed by atoms with Gasteiger partial charge in [0.1, 0.15) is 12.9 Å². The van der Waals surface area contributed by atoms with Gasteiger partial charge >= 0.3 is 7.60 Å². The van der Waals surface area contributed by atoms with Gasteiger partial charge in [-0.25, -0.2) is 4.98 Å². The molecule has 2 heterocycles. The molecule has 0 aromatic carbocycles. The minimum Gasteiger partial charge on any atom is -0.410 e. The van der Waals surface area contributed by atoms with Crippen LogP contribution in [-0.2, 0) is 13.6 Å². The number of nitrogens with two attached hydrogens (primary N) is 1. The number of nitrogen functional groups attached to an aromatic ring is 1. The van der Waals surface area contributed by atoms with Crippen molar-refractivity contribution in [2.45, 2.75) is 39.9 Å². The summed E-state index contributed by atoms with van der Waals surface area (Å²) >= 11 is 0. The van der Waals surface area contributed by atoms with Crippen LogP contribution < -0.4 is 16.1 Å². The van der Waals surface area contributed by atoms with Crippen LogP contribution in [0.2, 0.25) is 0 Å². The largest absolute Gasteiger partial charge is 0.410 e. The number of hydrogen-bond donors (Lipinski definition) is 3. The van der Waals surface area contributed by atoms with Crippen LogP contribution in [0, 0.1) is 5.92 Å². The van der Waals surface area contributed by atoms with E-state index in [1.807, 2.05) is 0 Å². The number of imidazole rings is 1. The van der Waals surface area contributed by atoms with Crippen LogP contribution in [0.1, 0.15) is 27.7 Å². The molecule has 1 atom stereocenters. The van der Waals surface area contributed by atoms with Crippen molar-refractivity contribution in [3.05, 3.63) is 28.6 Å². The molecule has 0 aliphatic carbocycles. The van der Waals surface area contributed by atoms with Crippen molar-refractivity contribution in [1.82, 2.24) is 19.7 Å². The molecular formula is C16H26N5O6P. The highest BCUT2D eigenvalue weighted by Gasteiger charge is 2.25. The Balaban J connectivity index is 2.13. The molecule has 28 heavy (non-hydrogen) atoms. The molecule has 1 unspecified atom stereocenters. The van der Waals surface area contributed by atoms with E-state index in [0.717, 1.165) is 0 Å². The summed E-state index contributed by atoms with van der Waals surface area (Å²) in [4.78, 5) is 27.6. The van der Waals surface area contributed by atoms with Crippen molar-refractivity contribution in [2.75, 3.05) is 18.9 Å². The highest BCUT2D eigenvalue weighted by molar-refractivity contribution is 7.57. The number of hydrogen-bond acceptors (Lipinski definition) is 9. The number of aromatic nitrogens is 4. The van der Waals surface area contributed by atoms with Crippen LogP contribution in [-0.4, -0.2) is 50.2 Å². The molecule has 0 bridgehead atoms. The molecule has 0 radical (unpaired) electrons. The van der Waals surface area contributed by atoms with Crippen molar-refractivity contribution in [2.24, 2.45) is 5.92 Å². The molecule has 2 aromatic rings. The Kier molecular flexibility index (Phi) is 7.36. The summed E-state index contributed by atoms with van der Waals surface area (Å²) in [7, 11) is -3.48. The van der Waals surface area contributed by atoms with Crippen molar-refractivity contribution >= 4 is 24.7 Å². The summed E-state index contributed by atoms with van der Waals surface area (Å²) in [6.07, 6.45) is 2.19. The minimum atomic E-state index is -3.48. The number of nitrogens with one attached hydrogen (secondary N) is 1. The zero-order valence-corrected chi connectivity index (χ0v) is 17.1. The summed E-state index contributed by atoms with van der Waals surface area (Å²) < 4.78 is 24.8. The van der Waals surface area contributed by atoms with Crippen LogP contribution in [0.5, 0.6) is 0 Å². The van der Waals surface area contributed by atoms with Gasteiger partial charge in [-0.15, -0.1) is 0 Å². The maximum Gasteiger partial charge on any atom is 0.354 e. The fourth-order valence-corrected chi connectivity index (χ4v) is 4.08. The van der Waals surface area contributed by atoms with Gasteiger partial charge < -0.3 is 24.7 Å². The SMILES string of the molecule is CC(C)OP(=O)(/C=C/C(CO)COn1cnc2c(=O)[nH]c(N)nc21)OC(C)C. The number of H-pyrrole nitrogens is 1. The second-order valence-electron chi connectivity index (χ2n) is 6.62. The zero-order chi connectivity index (χ0) is 20.9. The molecule has 2 aromatic heterocycles. The van der Waals surface area contributed by atoms with Crippen molar-refractivity contribution in [3.63, 3.8) is 0 Å². The molecule has 0 amide bonds. The minimum absolute atomic E-state index is 0.00377. The van der Waals surface area contributed by atoms with Crippen LogP contribution in [0.15, 0.2) is 23.0 Å². The number of rotatable bonds is 10. The van der Waals surface area contributed by atoms with Gasteiger partial charge in [0.25, 0.3) is 5.56 Å². The van der Waals surface area contributed by atoms with E-state index in [4.69, 9.17) is 19.6 Å². The van der Waals surface area contributed by atoms with Gasteiger partial charge in [-0.05, 0) is 27.7 Å². The number of nitrogens with zero attached hydrogens (tertiary/aromatic N) is 3. The molecule has 0 spiro atoms. The fourth-order valence-electron chi connectivity index (χ4n) is 2.26. The van der Waals surface area contributed by atoms with E-state index < -0.39 is 19.1 Å². The van der Waals surface area contributed by atoms with Crippen molar-refractivity contribution < 1.29 is 23.6 Å². The molecule has 0 aliphatic heterocycles. The first-order valence-electron chi connectivity index (χ1n) is 8.76. The van der Waals surface area contributed by atoms with Crippen LogP contribution in [0.25, 0.3) is 11.2 Å². The maximum absolute atomic E-state index is 12.8. The van der Waals surface area contributed by atoms with Crippen LogP contribution in [0.4, 0.5) is 5.95 Å². The lowest BCUT2D eigenvalue weighted by molar-refractivity contribution is 0.0788. The monoisotopic (exact) mass is 415 g/mol. The van der Waals surface area contributed by atoms with E-state index in [1.54, 1.807) is 27.7 Å². The predicted molar refractivity (Wildman–Crippen MR) is 104 cm³/mol. The van der Waals surface area contributed by atoms with Crippen molar-refractivity contribution in [1.29, 1.82) is 0 Å². The maximum atomic E-state index is 12.8. The quantitative estimate of drug-likeness (QED) is 0.487. The first kappa shape index (κ1) is 22.1. The summed E-state index contributed by atoms with van der Waals surface area (Å²) in [5, 5.41) is 9.60. The molecule has 4 N–H and O–H groups in total. The molecular weight excluding hydrogens is 389 g/mol. The van der Waals surface area contributed by atoms with Gasteiger partial charge in [-0.2, -0.15) is 9.71 Å². The fraction of sp³-hybridized carbons (Fsp3) is 0.562. The molecule has 12 heteroatoms. The average molecular weight is 415 g/mol. The molecule has 0 saturated heterocycles. The Labute approximate surface area is 162 Å². The Morgan fingerprint density at radius 2 is 1.96 bits per heavy atom. The van der Waals surface area contributed by atoms with Crippen molar-refractivity contribution in [3.8, 4) is 0 Å². The third kappa shape index (κ3) is 5.90. The Morgan fingerprint density at radius 3 is 2.54 bits per heavy atom. The molecule has 2 rings (SSSR count). The van der Waals surface area contributed by atoms with E-state index in [-0.39, 0.29) is 42.5 Å². The summed E-state index contributed by atoms with van der Waals surface area (Å²) in [5.74, 6) is 0.736. The Morgan fingerprint density at radius 1 is 1.32 bits per heavy atom. The molecule has 11 nitrogen and oxygen atoms in total. The van der Waals surface area contributed by atoms with Gasteiger partial charge in [0, 0.05) is 11.7 Å². The van der Waals surface area contributed by atoms with Crippen LogP contribution in [0.3, 0.4) is 0 Å². The summed E-state index contributed by atoms with van der Waals surface area (Å²) in [5.41, 5.74) is 5.28. The second-order valence-corrected chi connectivity index (χ2v) is 8.42. The third-order valence-corrected chi connectivity index (χ3v) is 5.28. The Hall–Kier alpha value is -2.20. The van der Waals surface area contributed by atoms with E-state index in [1.165, 1.54) is 23.0 Å². The normalized spacial score (nSPS) is 13.8. The molecule has 0 saturated carbocycles. The number of aromatic amines is 1. The van der Waals surface area contributed by atoms with E-state index >= 15 is 0 Å². The molecule has 0 aliphatic rings. The lowest BCUT2D eigenvalue weighted by Crippen LogP contribution is -2.21.